The number of benzene rings is 2. The van der Waals surface area contributed by atoms with Crippen molar-refractivity contribution in [3.63, 3.8) is 0 Å². The summed E-state index contributed by atoms with van der Waals surface area (Å²) in [6.45, 7) is 4.97. The van der Waals surface area contributed by atoms with Crippen LogP contribution in [-0.2, 0) is 33.8 Å². The fourth-order valence-corrected chi connectivity index (χ4v) is 4.88. The topological polar surface area (TPSA) is 53.1 Å². The van der Waals surface area contributed by atoms with Gasteiger partial charge >= 0.3 is 0 Å². The highest BCUT2D eigenvalue weighted by atomic mass is 32.1. The van der Waals surface area contributed by atoms with Crippen molar-refractivity contribution in [3.05, 3.63) is 93.9 Å². The first kappa shape index (κ1) is 26.0. The van der Waals surface area contributed by atoms with Crippen molar-refractivity contribution in [1.82, 2.24) is 14.7 Å². The number of hydrogen-bond acceptors (Lipinski definition) is 5. The number of halogens is 1. The zero-order valence-electron chi connectivity index (χ0n) is 20.4. The fourth-order valence-electron chi connectivity index (χ4n) is 4.16. The molecule has 2 aromatic carbocycles. The van der Waals surface area contributed by atoms with Crippen molar-refractivity contribution in [3.8, 4) is 0 Å². The normalized spacial score (nSPS) is 13.9. The zero-order valence-corrected chi connectivity index (χ0v) is 21.2. The number of thiophene rings is 1. The maximum Gasteiger partial charge on any atom is 0.242 e. The maximum atomic E-state index is 13.6. The van der Waals surface area contributed by atoms with Gasteiger partial charge in [0.15, 0.2) is 0 Å². The Kier molecular flexibility index (Phi) is 9.61. The molecule has 0 aliphatic carbocycles. The quantitative estimate of drug-likeness (QED) is 0.394. The van der Waals surface area contributed by atoms with Crippen LogP contribution in [0.25, 0.3) is 0 Å². The van der Waals surface area contributed by atoms with E-state index in [1.807, 2.05) is 47.8 Å². The molecule has 6 nitrogen and oxygen atoms in total. The number of nitrogens with zero attached hydrogens (tertiary/aromatic N) is 3. The first-order chi connectivity index (χ1) is 17.6. The van der Waals surface area contributed by atoms with Gasteiger partial charge in [-0.15, -0.1) is 11.3 Å². The van der Waals surface area contributed by atoms with Crippen molar-refractivity contribution < 1.29 is 18.7 Å². The molecule has 1 aliphatic heterocycles. The number of hydrogen-bond donors (Lipinski definition) is 0. The first-order valence-electron chi connectivity index (χ1n) is 12.2. The fraction of sp³-hybridized carbons (Fsp3) is 0.357. The Morgan fingerprint density at radius 2 is 1.61 bits per heavy atom. The van der Waals surface area contributed by atoms with E-state index in [9.17, 15) is 14.0 Å². The Labute approximate surface area is 215 Å². The van der Waals surface area contributed by atoms with E-state index >= 15 is 0 Å². The summed E-state index contributed by atoms with van der Waals surface area (Å²) < 4.78 is 18.9. The van der Waals surface area contributed by atoms with E-state index in [1.54, 1.807) is 33.3 Å². The predicted molar refractivity (Wildman–Crippen MR) is 139 cm³/mol. The van der Waals surface area contributed by atoms with Crippen LogP contribution in [0, 0.1) is 5.82 Å². The zero-order chi connectivity index (χ0) is 25.2. The SMILES string of the molecule is O=C(Cc1ccccc1)N(CCN1CCOCC1)CC(=O)N(Cc1ccc(F)cc1)Cc1cccs1. The molecular formula is C28H32FN3O3S. The molecular weight excluding hydrogens is 477 g/mol. The Morgan fingerprint density at radius 1 is 0.861 bits per heavy atom. The molecule has 0 N–H and O–H groups in total. The lowest BCUT2D eigenvalue weighted by atomic mass is 10.1. The van der Waals surface area contributed by atoms with Gasteiger partial charge in [-0.3, -0.25) is 14.5 Å². The highest BCUT2D eigenvalue weighted by Gasteiger charge is 2.23. The van der Waals surface area contributed by atoms with Gasteiger partial charge in [0, 0.05) is 37.6 Å². The van der Waals surface area contributed by atoms with Crippen molar-refractivity contribution in [2.75, 3.05) is 45.9 Å². The lowest BCUT2D eigenvalue weighted by Gasteiger charge is -2.31. The van der Waals surface area contributed by atoms with E-state index in [2.05, 4.69) is 4.90 Å². The van der Waals surface area contributed by atoms with Gasteiger partial charge in [-0.2, -0.15) is 0 Å². The molecule has 1 aliphatic rings. The number of carbonyl (C=O) groups is 2. The molecule has 4 rings (SSSR count). The Morgan fingerprint density at radius 3 is 2.31 bits per heavy atom. The summed E-state index contributed by atoms with van der Waals surface area (Å²) in [6, 6.07) is 19.8. The Hall–Kier alpha value is -3.07. The van der Waals surface area contributed by atoms with Crippen LogP contribution in [-0.4, -0.2) is 72.5 Å². The highest BCUT2D eigenvalue weighted by Crippen LogP contribution is 2.16. The number of amides is 2. The molecule has 2 amide bonds. The van der Waals surface area contributed by atoms with E-state index in [0.29, 0.717) is 39.4 Å². The van der Waals surface area contributed by atoms with E-state index in [4.69, 9.17) is 4.74 Å². The Bertz CT molecular complexity index is 1090. The van der Waals surface area contributed by atoms with Gasteiger partial charge in [0.1, 0.15) is 5.82 Å². The van der Waals surface area contributed by atoms with Crippen molar-refractivity contribution in [2.24, 2.45) is 0 Å². The summed E-state index contributed by atoms with van der Waals surface area (Å²) in [4.78, 5) is 33.7. The standard InChI is InChI=1S/C28H32FN3O3S/c29-25-10-8-24(9-11-25)20-32(21-26-7-4-18-36-26)28(34)22-31(13-12-30-14-16-35-17-15-30)27(33)19-23-5-2-1-3-6-23/h1-11,18H,12-17,19-22H2. The molecule has 0 saturated carbocycles. The second kappa shape index (κ2) is 13.3. The van der Waals surface area contributed by atoms with Crippen LogP contribution in [0.4, 0.5) is 4.39 Å². The molecule has 0 atom stereocenters. The molecule has 0 radical (unpaired) electrons. The van der Waals surface area contributed by atoms with Gasteiger partial charge in [-0.1, -0.05) is 48.5 Å². The molecule has 3 aromatic rings. The van der Waals surface area contributed by atoms with Crippen LogP contribution in [0.15, 0.2) is 72.1 Å². The third-order valence-electron chi connectivity index (χ3n) is 6.23. The third-order valence-corrected chi connectivity index (χ3v) is 7.09. The molecule has 36 heavy (non-hydrogen) atoms. The van der Waals surface area contributed by atoms with Crippen LogP contribution in [0.1, 0.15) is 16.0 Å². The molecule has 0 unspecified atom stereocenters. The van der Waals surface area contributed by atoms with Crippen molar-refractivity contribution >= 4 is 23.2 Å². The van der Waals surface area contributed by atoms with E-state index < -0.39 is 0 Å². The third kappa shape index (κ3) is 7.98. The van der Waals surface area contributed by atoms with Crippen LogP contribution in [0.2, 0.25) is 0 Å². The highest BCUT2D eigenvalue weighted by molar-refractivity contribution is 7.09. The van der Waals surface area contributed by atoms with Gasteiger partial charge in [0.2, 0.25) is 11.8 Å². The minimum absolute atomic E-state index is 0.00256. The molecule has 8 heteroatoms. The van der Waals surface area contributed by atoms with E-state index in [0.717, 1.165) is 29.1 Å². The van der Waals surface area contributed by atoms with Crippen molar-refractivity contribution in [2.45, 2.75) is 19.5 Å². The summed E-state index contributed by atoms with van der Waals surface area (Å²) in [5.41, 5.74) is 1.77. The van der Waals surface area contributed by atoms with Crippen molar-refractivity contribution in [1.29, 1.82) is 0 Å². The average molecular weight is 510 g/mol. The van der Waals surface area contributed by atoms with Gasteiger partial charge in [0.25, 0.3) is 0 Å². The molecule has 0 bridgehead atoms. The van der Waals surface area contributed by atoms with Gasteiger partial charge in [-0.05, 0) is 34.7 Å². The summed E-state index contributed by atoms with van der Waals surface area (Å²) >= 11 is 1.58. The molecule has 1 fully saturated rings. The van der Waals surface area contributed by atoms with Gasteiger partial charge in [-0.25, -0.2) is 4.39 Å². The van der Waals surface area contributed by atoms with Gasteiger partial charge < -0.3 is 14.5 Å². The van der Waals surface area contributed by atoms with Crippen LogP contribution in [0.5, 0.6) is 0 Å². The molecule has 1 aromatic heterocycles. The number of carbonyl (C=O) groups excluding carboxylic acids is 2. The molecule has 2 heterocycles. The maximum absolute atomic E-state index is 13.6. The van der Waals surface area contributed by atoms with E-state index in [-0.39, 0.29) is 30.6 Å². The smallest absolute Gasteiger partial charge is 0.242 e. The molecule has 190 valence electrons. The molecule has 1 saturated heterocycles. The van der Waals surface area contributed by atoms with Crippen LogP contribution in [0.3, 0.4) is 0 Å². The average Bonchev–Trinajstić information content (AvgIpc) is 3.41. The predicted octanol–water partition coefficient (Wildman–Crippen LogP) is 3.82. The minimum Gasteiger partial charge on any atom is -0.379 e. The summed E-state index contributed by atoms with van der Waals surface area (Å²) in [6.07, 6.45) is 0.250. The summed E-state index contributed by atoms with van der Waals surface area (Å²) in [7, 11) is 0. The molecule has 0 spiro atoms. The Balaban J connectivity index is 1.47. The number of ether oxygens (including phenoxy) is 1. The van der Waals surface area contributed by atoms with Gasteiger partial charge in [0.05, 0.1) is 32.7 Å². The number of rotatable bonds is 11. The van der Waals surface area contributed by atoms with Crippen LogP contribution < -0.4 is 0 Å². The second-order valence-electron chi connectivity index (χ2n) is 8.89. The number of morpholine rings is 1. The lowest BCUT2D eigenvalue weighted by molar-refractivity contribution is -0.141. The van der Waals surface area contributed by atoms with E-state index in [1.165, 1.54) is 12.1 Å². The largest absolute Gasteiger partial charge is 0.379 e. The van der Waals surface area contributed by atoms with Crippen LogP contribution >= 0.6 is 11.3 Å². The minimum atomic E-state index is -0.310. The summed E-state index contributed by atoms with van der Waals surface area (Å²) in [5.74, 6) is -0.507. The monoisotopic (exact) mass is 509 g/mol. The second-order valence-corrected chi connectivity index (χ2v) is 9.92. The first-order valence-corrected chi connectivity index (χ1v) is 13.1. The lowest BCUT2D eigenvalue weighted by Crippen LogP contribution is -2.47. The summed E-state index contributed by atoms with van der Waals surface area (Å²) in [5, 5.41) is 1.98.